The van der Waals surface area contributed by atoms with Gasteiger partial charge in [-0.2, -0.15) is 4.80 Å². The molecule has 0 unspecified atom stereocenters. The molecule has 0 bridgehead atoms. The minimum Gasteiger partial charge on any atom is -0.489 e. The van der Waals surface area contributed by atoms with Crippen LogP contribution in [0, 0.1) is 11.6 Å². The predicted octanol–water partition coefficient (Wildman–Crippen LogP) is 1.13. The van der Waals surface area contributed by atoms with Gasteiger partial charge in [0, 0.05) is 5.56 Å². The van der Waals surface area contributed by atoms with Crippen LogP contribution < -0.4 is 15.4 Å². The smallest absolute Gasteiger partial charge is 0.293 e. The number of hydrogen-bond acceptors (Lipinski definition) is 6. The zero-order valence-corrected chi connectivity index (χ0v) is 14.8. The Morgan fingerprint density at radius 3 is 2.97 bits per heavy atom. The largest absolute Gasteiger partial charge is 0.489 e. The fourth-order valence-corrected chi connectivity index (χ4v) is 2.71. The van der Waals surface area contributed by atoms with Crippen LogP contribution in [0.1, 0.15) is 16.2 Å². The van der Waals surface area contributed by atoms with Crippen molar-refractivity contribution in [1.82, 2.24) is 25.5 Å². The summed E-state index contributed by atoms with van der Waals surface area (Å²) >= 11 is 0. The summed E-state index contributed by atoms with van der Waals surface area (Å²) in [5.74, 6) is -2.31. The van der Waals surface area contributed by atoms with E-state index in [-0.39, 0.29) is 24.5 Å². The fraction of sp³-hybridized carbons (Fsp3) is 0.167. The van der Waals surface area contributed by atoms with Crippen LogP contribution in [-0.2, 0) is 11.3 Å². The van der Waals surface area contributed by atoms with Crippen LogP contribution in [0.2, 0.25) is 0 Å². The van der Waals surface area contributed by atoms with Crippen molar-refractivity contribution in [1.29, 1.82) is 0 Å². The van der Waals surface area contributed by atoms with E-state index in [1.807, 2.05) is 0 Å². The number of ether oxygens (including phenoxy) is 1. The van der Waals surface area contributed by atoms with Gasteiger partial charge in [-0.1, -0.05) is 12.1 Å². The summed E-state index contributed by atoms with van der Waals surface area (Å²) in [6.07, 6.45) is 0. The van der Waals surface area contributed by atoms with Gasteiger partial charge in [-0.05, 0) is 35.5 Å². The van der Waals surface area contributed by atoms with Gasteiger partial charge in [0.25, 0.3) is 17.6 Å². The van der Waals surface area contributed by atoms with Crippen molar-refractivity contribution in [2.45, 2.75) is 12.6 Å². The number of amides is 2. The maximum Gasteiger partial charge on any atom is 0.293 e. The first-order valence-electron chi connectivity index (χ1n) is 8.55. The Morgan fingerprint density at radius 2 is 2.10 bits per heavy atom. The molecule has 4 rings (SSSR count). The van der Waals surface area contributed by atoms with Crippen LogP contribution in [0.4, 0.5) is 14.5 Å². The number of fused-ring (bicyclic) bond motifs is 1. The number of nitrogens with zero attached hydrogens (tertiary/aromatic N) is 4. The van der Waals surface area contributed by atoms with Crippen molar-refractivity contribution in [3.8, 4) is 5.75 Å². The molecule has 1 atom stereocenters. The molecule has 1 aromatic heterocycles. The van der Waals surface area contributed by atoms with Crippen LogP contribution in [0.3, 0.4) is 0 Å². The summed E-state index contributed by atoms with van der Waals surface area (Å²) < 4.78 is 32.5. The fourth-order valence-electron chi connectivity index (χ4n) is 2.71. The van der Waals surface area contributed by atoms with E-state index in [0.29, 0.717) is 11.4 Å². The number of rotatable bonds is 4. The molecule has 2 amide bonds. The zero-order valence-electron chi connectivity index (χ0n) is 14.8. The lowest BCUT2D eigenvalue weighted by Gasteiger charge is -2.13. The number of hydrogen-bond donors (Lipinski definition) is 2. The molecule has 9 nitrogen and oxygen atoms in total. The molecular weight excluding hydrogens is 386 g/mol. The maximum absolute atomic E-state index is 13.7. The number of carbonyl (C=O) groups excluding carboxylic acids is 2. The number of nitrogens with one attached hydrogen (secondary N) is 2. The van der Waals surface area contributed by atoms with Crippen molar-refractivity contribution < 1.29 is 23.1 Å². The van der Waals surface area contributed by atoms with Crippen LogP contribution in [-0.4, -0.2) is 44.7 Å². The molecule has 2 aromatic carbocycles. The van der Waals surface area contributed by atoms with Crippen molar-refractivity contribution in [3.63, 3.8) is 0 Å². The van der Waals surface area contributed by atoms with Gasteiger partial charge < -0.3 is 15.4 Å². The second-order valence-corrected chi connectivity index (χ2v) is 6.20. The molecule has 0 spiro atoms. The number of para-hydroxylation sites is 2. The molecule has 3 aromatic rings. The summed E-state index contributed by atoms with van der Waals surface area (Å²) in [5.41, 5.74) is 0.499. The Balaban J connectivity index is 1.43. The van der Waals surface area contributed by atoms with Crippen molar-refractivity contribution in [3.05, 3.63) is 65.5 Å². The van der Waals surface area contributed by atoms with Crippen LogP contribution >= 0.6 is 0 Å². The standard InChI is InChI=1S/C18H14F2N6O3/c19-11-5-6-12(20)10(7-11)8-26-24-16(23-25-26)18(28)22-14-9-29-15-4-2-1-3-13(15)21-17(14)27/h1-7,14H,8-9H2,(H,21,27)(H,22,28)/t14-/m0/s1. The Morgan fingerprint density at radius 1 is 1.28 bits per heavy atom. The second kappa shape index (κ2) is 7.62. The molecule has 11 heteroatoms. The highest BCUT2D eigenvalue weighted by atomic mass is 19.1. The summed E-state index contributed by atoms with van der Waals surface area (Å²) in [4.78, 5) is 25.6. The average molecular weight is 400 g/mol. The molecule has 1 aliphatic rings. The number of tetrazole rings is 1. The van der Waals surface area contributed by atoms with Crippen LogP contribution in [0.25, 0.3) is 0 Å². The van der Waals surface area contributed by atoms with E-state index in [1.54, 1.807) is 24.3 Å². The highest BCUT2D eigenvalue weighted by molar-refractivity contribution is 6.01. The summed E-state index contributed by atoms with van der Waals surface area (Å²) in [7, 11) is 0. The highest BCUT2D eigenvalue weighted by Gasteiger charge is 2.28. The Labute approximate surface area is 162 Å². The zero-order chi connectivity index (χ0) is 20.4. The number of carbonyl (C=O) groups is 2. The lowest BCUT2D eigenvalue weighted by atomic mass is 10.2. The third-order valence-electron chi connectivity index (χ3n) is 4.15. The molecule has 0 aliphatic carbocycles. The minimum absolute atomic E-state index is 0.00340. The van der Waals surface area contributed by atoms with Crippen LogP contribution in [0.15, 0.2) is 42.5 Å². The summed E-state index contributed by atoms with van der Waals surface area (Å²) in [6, 6.07) is 8.86. The molecule has 148 valence electrons. The van der Waals surface area contributed by atoms with E-state index in [2.05, 4.69) is 26.0 Å². The summed E-state index contributed by atoms with van der Waals surface area (Å²) in [6.45, 7) is -0.302. The number of benzene rings is 2. The van der Waals surface area contributed by atoms with Crippen molar-refractivity contribution in [2.75, 3.05) is 11.9 Å². The molecule has 2 N–H and O–H groups in total. The lowest BCUT2D eigenvalue weighted by Crippen LogP contribution is -2.46. The Bertz CT molecular complexity index is 1090. The number of aromatic nitrogens is 4. The Kier molecular flexibility index (Phi) is 4.85. The molecule has 1 aliphatic heterocycles. The van der Waals surface area contributed by atoms with Crippen molar-refractivity contribution >= 4 is 17.5 Å². The maximum atomic E-state index is 13.7. The van der Waals surface area contributed by atoms with Gasteiger partial charge in [-0.15, -0.1) is 10.2 Å². The molecular formula is C18H14F2N6O3. The molecule has 0 radical (unpaired) electrons. The van der Waals surface area contributed by atoms with Gasteiger partial charge in [0.05, 0.1) is 12.2 Å². The third-order valence-corrected chi connectivity index (χ3v) is 4.15. The summed E-state index contributed by atoms with van der Waals surface area (Å²) in [5, 5.41) is 16.2. The predicted molar refractivity (Wildman–Crippen MR) is 95.1 cm³/mol. The topological polar surface area (TPSA) is 111 Å². The molecule has 0 saturated carbocycles. The van der Waals surface area contributed by atoms with Gasteiger partial charge in [0.15, 0.2) is 0 Å². The monoisotopic (exact) mass is 400 g/mol. The second-order valence-electron chi connectivity index (χ2n) is 6.20. The molecule has 0 fully saturated rings. The van der Waals surface area contributed by atoms with E-state index >= 15 is 0 Å². The quantitative estimate of drug-likeness (QED) is 0.679. The third kappa shape index (κ3) is 4.03. The number of halogens is 2. The van der Waals surface area contributed by atoms with E-state index in [9.17, 15) is 18.4 Å². The normalized spacial score (nSPS) is 15.7. The van der Waals surface area contributed by atoms with Gasteiger partial charge in [0.1, 0.15) is 30.0 Å². The van der Waals surface area contributed by atoms with E-state index in [4.69, 9.17) is 4.74 Å². The first-order chi connectivity index (χ1) is 14.0. The minimum atomic E-state index is -0.984. The molecule has 29 heavy (non-hydrogen) atoms. The first-order valence-corrected chi connectivity index (χ1v) is 8.55. The van der Waals surface area contributed by atoms with Crippen molar-refractivity contribution in [2.24, 2.45) is 0 Å². The van der Waals surface area contributed by atoms with Gasteiger partial charge in [0.2, 0.25) is 0 Å². The SMILES string of the molecule is O=C(N[C@H]1COc2ccccc2NC1=O)c1nnn(Cc2cc(F)ccc2F)n1. The van der Waals surface area contributed by atoms with E-state index in [0.717, 1.165) is 23.0 Å². The van der Waals surface area contributed by atoms with Gasteiger partial charge in [-0.25, -0.2) is 8.78 Å². The lowest BCUT2D eigenvalue weighted by molar-refractivity contribution is -0.118. The number of anilines is 1. The van der Waals surface area contributed by atoms with Gasteiger partial charge >= 0.3 is 0 Å². The Hall–Kier alpha value is -3.89. The van der Waals surface area contributed by atoms with E-state index in [1.165, 1.54) is 0 Å². The van der Waals surface area contributed by atoms with Gasteiger partial charge in [-0.3, -0.25) is 9.59 Å². The highest BCUT2D eigenvalue weighted by Crippen LogP contribution is 2.26. The van der Waals surface area contributed by atoms with Crippen LogP contribution in [0.5, 0.6) is 5.75 Å². The molecule has 0 saturated heterocycles. The van der Waals surface area contributed by atoms with E-state index < -0.39 is 29.5 Å². The first kappa shape index (κ1) is 18.5. The average Bonchev–Trinajstić information content (AvgIpc) is 3.11. The molecule has 2 heterocycles.